The molecule has 2 rings (SSSR count). The molecule has 0 fully saturated rings. The topological polar surface area (TPSA) is 81.9 Å². The Bertz CT molecular complexity index is 666. The number of benzene rings is 1. The van der Waals surface area contributed by atoms with Crippen LogP contribution < -0.4 is 5.32 Å². The predicted molar refractivity (Wildman–Crippen MR) is 82.8 cm³/mol. The number of nitrogens with zero attached hydrogens (tertiary/aromatic N) is 4. The standard InChI is InChI=1S/C16H17N5O/c1-2-21(12-13-6-4-3-5-7-13)15(22)11-20-16-14(10-17)18-8-9-19-16/h3-9H,2,11-12H2,1H3,(H,19,20). The van der Waals surface area contributed by atoms with Gasteiger partial charge in [-0.3, -0.25) is 4.79 Å². The number of hydrogen-bond acceptors (Lipinski definition) is 5. The second-order valence-corrected chi connectivity index (χ2v) is 4.61. The fourth-order valence-corrected chi connectivity index (χ4v) is 2.00. The third-order valence-electron chi connectivity index (χ3n) is 3.16. The molecule has 1 aromatic carbocycles. The molecule has 1 aromatic heterocycles. The van der Waals surface area contributed by atoms with Gasteiger partial charge in [0.25, 0.3) is 0 Å². The van der Waals surface area contributed by atoms with Gasteiger partial charge in [-0.2, -0.15) is 5.26 Å². The van der Waals surface area contributed by atoms with Crippen LogP contribution >= 0.6 is 0 Å². The number of aromatic nitrogens is 2. The number of carbonyl (C=O) groups excluding carboxylic acids is 1. The Morgan fingerprint density at radius 3 is 2.68 bits per heavy atom. The molecule has 1 N–H and O–H groups in total. The minimum Gasteiger partial charge on any atom is -0.359 e. The lowest BCUT2D eigenvalue weighted by atomic mass is 10.2. The van der Waals surface area contributed by atoms with Crippen molar-refractivity contribution in [3.63, 3.8) is 0 Å². The van der Waals surface area contributed by atoms with Crippen LogP contribution in [0.3, 0.4) is 0 Å². The first-order valence-electron chi connectivity index (χ1n) is 7.01. The Labute approximate surface area is 129 Å². The summed E-state index contributed by atoms with van der Waals surface area (Å²) >= 11 is 0. The van der Waals surface area contributed by atoms with E-state index in [1.165, 1.54) is 12.4 Å². The average Bonchev–Trinajstić information content (AvgIpc) is 2.58. The smallest absolute Gasteiger partial charge is 0.242 e. The molecule has 0 bridgehead atoms. The van der Waals surface area contributed by atoms with Gasteiger partial charge in [0, 0.05) is 25.5 Å². The van der Waals surface area contributed by atoms with E-state index in [0.29, 0.717) is 18.9 Å². The van der Waals surface area contributed by atoms with Gasteiger partial charge in [0.15, 0.2) is 11.5 Å². The van der Waals surface area contributed by atoms with Crippen LogP contribution in [0.25, 0.3) is 0 Å². The van der Waals surface area contributed by atoms with Crippen LogP contribution in [0.4, 0.5) is 5.82 Å². The Balaban J connectivity index is 1.97. The maximum atomic E-state index is 12.3. The number of amides is 1. The summed E-state index contributed by atoms with van der Waals surface area (Å²) in [7, 11) is 0. The molecule has 0 saturated heterocycles. The van der Waals surface area contributed by atoms with Crippen molar-refractivity contribution >= 4 is 11.7 Å². The van der Waals surface area contributed by atoms with E-state index in [1.54, 1.807) is 4.90 Å². The summed E-state index contributed by atoms with van der Waals surface area (Å²) in [4.78, 5) is 21.9. The molecule has 1 heterocycles. The fourth-order valence-electron chi connectivity index (χ4n) is 2.00. The molecule has 0 aliphatic carbocycles. The lowest BCUT2D eigenvalue weighted by Crippen LogP contribution is -2.35. The maximum absolute atomic E-state index is 12.3. The van der Waals surface area contributed by atoms with Crippen LogP contribution in [0.5, 0.6) is 0 Å². The molecule has 0 atom stereocenters. The van der Waals surface area contributed by atoms with Gasteiger partial charge in [0.05, 0.1) is 6.54 Å². The monoisotopic (exact) mass is 295 g/mol. The van der Waals surface area contributed by atoms with Crippen LogP contribution in [0.1, 0.15) is 18.2 Å². The Morgan fingerprint density at radius 2 is 2.00 bits per heavy atom. The quantitative estimate of drug-likeness (QED) is 0.879. The molecule has 0 radical (unpaired) electrons. The minimum absolute atomic E-state index is 0.0547. The fraction of sp³-hybridized carbons (Fsp3) is 0.250. The van der Waals surface area contributed by atoms with Gasteiger partial charge in [0.2, 0.25) is 5.91 Å². The van der Waals surface area contributed by atoms with Crippen molar-refractivity contribution in [3.05, 3.63) is 54.0 Å². The van der Waals surface area contributed by atoms with Crippen molar-refractivity contribution in [3.8, 4) is 6.07 Å². The first-order valence-corrected chi connectivity index (χ1v) is 7.01. The van der Waals surface area contributed by atoms with Crippen molar-refractivity contribution in [1.82, 2.24) is 14.9 Å². The zero-order chi connectivity index (χ0) is 15.8. The molecule has 6 nitrogen and oxygen atoms in total. The number of likely N-dealkylation sites (N-methyl/N-ethyl adjacent to an activating group) is 1. The second kappa shape index (κ2) is 7.74. The van der Waals surface area contributed by atoms with Crippen LogP contribution in [0.15, 0.2) is 42.7 Å². The molecule has 2 aromatic rings. The molecule has 0 saturated carbocycles. The predicted octanol–water partition coefficient (Wildman–Crippen LogP) is 1.81. The van der Waals surface area contributed by atoms with E-state index < -0.39 is 0 Å². The lowest BCUT2D eigenvalue weighted by molar-refractivity contribution is -0.129. The van der Waals surface area contributed by atoms with Crippen molar-refractivity contribution in [2.75, 3.05) is 18.4 Å². The highest BCUT2D eigenvalue weighted by Gasteiger charge is 2.13. The van der Waals surface area contributed by atoms with Gasteiger partial charge in [0.1, 0.15) is 6.07 Å². The molecule has 6 heteroatoms. The minimum atomic E-state index is -0.0547. The van der Waals surface area contributed by atoms with E-state index in [4.69, 9.17) is 5.26 Å². The molecular formula is C16H17N5O. The summed E-state index contributed by atoms with van der Waals surface area (Å²) in [5.41, 5.74) is 1.26. The highest BCUT2D eigenvalue weighted by atomic mass is 16.2. The molecule has 0 spiro atoms. The van der Waals surface area contributed by atoms with E-state index in [9.17, 15) is 4.79 Å². The Morgan fingerprint density at radius 1 is 1.27 bits per heavy atom. The summed E-state index contributed by atoms with van der Waals surface area (Å²) < 4.78 is 0. The Kier molecular flexibility index (Phi) is 5.44. The van der Waals surface area contributed by atoms with Crippen molar-refractivity contribution in [1.29, 1.82) is 5.26 Å². The number of rotatable bonds is 6. The van der Waals surface area contributed by atoms with Crippen LogP contribution in [0.2, 0.25) is 0 Å². The normalized spacial score (nSPS) is 9.82. The molecule has 22 heavy (non-hydrogen) atoms. The van der Waals surface area contributed by atoms with Crippen molar-refractivity contribution in [2.45, 2.75) is 13.5 Å². The van der Waals surface area contributed by atoms with E-state index in [2.05, 4.69) is 15.3 Å². The summed E-state index contributed by atoms with van der Waals surface area (Å²) in [6.45, 7) is 3.18. The Hall–Kier alpha value is -2.94. The molecule has 0 aliphatic heterocycles. The largest absolute Gasteiger partial charge is 0.359 e. The van der Waals surface area contributed by atoms with Crippen LogP contribution in [0, 0.1) is 11.3 Å². The van der Waals surface area contributed by atoms with Crippen molar-refractivity contribution in [2.24, 2.45) is 0 Å². The zero-order valence-corrected chi connectivity index (χ0v) is 12.4. The summed E-state index contributed by atoms with van der Waals surface area (Å²) in [5.74, 6) is 0.273. The van der Waals surface area contributed by atoms with E-state index in [-0.39, 0.29) is 18.1 Å². The molecule has 0 aliphatic rings. The number of anilines is 1. The SMILES string of the molecule is CCN(Cc1ccccc1)C(=O)CNc1nccnc1C#N. The van der Waals surface area contributed by atoms with Crippen LogP contribution in [-0.2, 0) is 11.3 Å². The van der Waals surface area contributed by atoms with Crippen molar-refractivity contribution < 1.29 is 4.79 Å². The van der Waals surface area contributed by atoms with Gasteiger partial charge >= 0.3 is 0 Å². The van der Waals surface area contributed by atoms with E-state index >= 15 is 0 Å². The lowest BCUT2D eigenvalue weighted by Gasteiger charge is -2.21. The molecule has 1 amide bonds. The van der Waals surface area contributed by atoms with Gasteiger partial charge in [-0.15, -0.1) is 0 Å². The summed E-state index contributed by atoms with van der Waals surface area (Å²) in [5, 5.41) is 11.8. The number of nitriles is 1. The first kappa shape index (κ1) is 15.4. The summed E-state index contributed by atoms with van der Waals surface area (Å²) in [6, 6.07) is 11.8. The highest BCUT2D eigenvalue weighted by Crippen LogP contribution is 2.08. The molecule has 0 unspecified atom stereocenters. The maximum Gasteiger partial charge on any atom is 0.242 e. The second-order valence-electron chi connectivity index (χ2n) is 4.61. The number of nitrogens with one attached hydrogen (secondary N) is 1. The van der Waals surface area contributed by atoms with Gasteiger partial charge in [-0.05, 0) is 12.5 Å². The van der Waals surface area contributed by atoms with Crippen LogP contribution in [-0.4, -0.2) is 33.9 Å². The average molecular weight is 295 g/mol. The van der Waals surface area contributed by atoms with E-state index in [1.807, 2.05) is 43.3 Å². The highest BCUT2D eigenvalue weighted by molar-refractivity contribution is 5.80. The molecular weight excluding hydrogens is 278 g/mol. The third kappa shape index (κ3) is 4.03. The van der Waals surface area contributed by atoms with Gasteiger partial charge in [-0.25, -0.2) is 9.97 Å². The van der Waals surface area contributed by atoms with Gasteiger partial charge in [-0.1, -0.05) is 30.3 Å². The van der Waals surface area contributed by atoms with Gasteiger partial charge < -0.3 is 10.2 Å². The van der Waals surface area contributed by atoms with E-state index in [0.717, 1.165) is 5.56 Å². The number of carbonyl (C=O) groups is 1. The third-order valence-corrected chi connectivity index (χ3v) is 3.16. The number of hydrogen-bond donors (Lipinski definition) is 1. The first-order chi connectivity index (χ1) is 10.7. The summed E-state index contributed by atoms with van der Waals surface area (Å²) in [6.07, 6.45) is 2.93. The zero-order valence-electron chi connectivity index (χ0n) is 12.4. The molecule has 112 valence electrons.